The van der Waals surface area contributed by atoms with Crippen LogP contribution in [0, 0.1) is 5.92 Å². The Morgan fingerprint density at radius 2 is 1.62 bits per heavy atom. The van der Waals surface area contributed by atoms with E-state index < -0.39 is 29.0 Å². The number of Topliss-reactive ketones (excluding diaryl/α,β-unsaturated/α-hetero) is 2. The molecule has 0 unspecified atom stereocenters. The predicted octanol–water partition coefficient (Wildman–Crippen LogP) is 3.62. The second kappa shape index (κ2) is 9.08. The summed E-state index contributed by atoms with van der Waals surface area (Å²) >= 11 is 6.55. The maximum atomic E-state index is 14.5. The zero-order chi connectivity index (χ0) is 27.6. The van der Waals surface area contributed by atoms with Gasteiger partial charge in [-0.3, -0.25) is 14.4 Å². The van der Waals surface area contributed by atoms with Crippen molar-refractivity contribution in [1.29, 1.82) is 0 Å². The number of nitrogens with one attached hydrogen (secondary N) is 1. The van der Waals surface area contributed by atoms with Crippen molar-refractivity contribution in [2.75, 3.05) is 34.5 Å². The van der Waals surface area contributed by atoms with Crippen molar-refractivity contribution in [1.82, 2.24) is 5.32 Å². The molecule has 3 atom stereocenters. The summed E-state index contributed by atoms with van der Waals surface area (Å²) in [6, 6.07) is 4.98. The van der Waals surface area contributed by atoms with Crippen molar-refractivity contribution < 1.29 is 42.8 Å². The van der Waals surface area contributed by atoms with E-state index in [2.05, 4.69) is 5.32 Å². The molecule has 2 aromatic rings. The van der Waals surface area contributed by atoms with Gasteiger partial charge in [-0.25, -0.2) is 0 Å². The summed E-state index contributed by atoms with van der Waals surface area (Å²) in [5.41, 5.74) is -0.407. The van der Waals surface area contributed by atoms with E-state index in [0.29, 0.717) is 47.3 Å². The third-order valence-electron chi connectivity index (χ3n) is 7.81. The Labute approximate surface area is 229 Å². The molecule has 11 heteroatoms. The summed E-state index contributed by atoms with van der Waals surface area (Å²) in [5, 5.41) is 2.93. The minimum Gasteiger partial charge on any atom is -0.496 e. The van der Waals surface area contributed by atoms with Crippen molar-refractivity contribution in [3.05, 3.63) is 45.6 Å². The van der Waals surface area contributed by atoms with Crippen molar-refractivity contribution in [2.24, 2.45) is 5.92 Å². The van der Waals surface area contributed by atoms with Gasteiger partial charge in [0.05, 0.1) is 21.3 Å². The predicted molar refractivity (Wildman–Crippen MR) is 138 cm³/mol. The first-order valence-electron chi connectivity index (χ1n) is 12.5. The van der Waals surface area contributed by atoms with Gasteiger partial charge in [-0.1, -0.05) is 18.5 Å². The molecule has 6 rings (SSSR count). The molecule has 2 aromatic carbocycles. The summed E-state index contributed by atoms with van der Waals surface area (Å²) in [6.07, 6.45) is 0.207. The Morgan fingerprint density at radius 3 is 2.33 bits per heavy atom. The average molecular weight is 556 g/mol. The molecule has 0 bridgehead atoms. The smallest absolute Gasteiger partial charge is 0.236 e. The van der Waals surface area contributed by atoms with E-state index in [9.17, 15) is 14.4 Å². The van der Waals surface area contributed by atoms with Gasteiger partial charge in [0.1, 0.15) is 35.3 Å². The number of fused-ring (bicyclic) bond motifs is 2. The van der Waals surface area contributed by atoms with Crippen LogP contribution in [-0.4, -0.2) is 57.6 Å². The molecular weight excluding hydrogens is 530 g/mol. The molecule has 39 heavy (non-hydrogen) atoms. The van der Waals surface area contributed by atoms with Crippen LogP contribution in [0.25, 0.3) is 0 Å². The number of methoxy groups -OCH3 is 3. The maximum Gasteiger partial charge on any atom is 0.236 e. The van der Waals surface area contributed by atoms with Crippen molar-refractivity contribution in [2.45, 2.75) is 31.3 Å². The van der Waals surface area contributed by atoms with Crippen molar-refractivity contribution in [3.63, 3.8) is 0 Å². The van der Waals surface area contributed by atoms with Crippen LogP contribution in [0.1, 0.15) is 41.6 Å². The summed E-state index contributed by atoms with van der Waals surface area (Å²) in [5.74, 6) is -0.789. The number of hydrogen-bond acceptors (Lipinski definition) is 9. The van der Waals surface area contributed by atoms with Crippen LogP contribution in [0.15, 0.2) is 29.5 Å². The lowest BCUT2D eigenvalue weighted by atomic mass is 9.66. The number of rotatable bonds is 4. The average Bonchev–Trinajstić information content (AvgIpc) is 3.25. The lowest BCUT2D eigenvalue weighted by molar-refractivity contribution is -0.131. The number of amides is 1. The first-order valence-corrected chi connectivity index (χ1v) is 12.9. The zero-order valence-corrected chi connectivity index (χ0v) is 22.5. The molecule has 3 heterocycles. The van der Waals surface area contributed by atoms with Crippen molar-refractivity contribution in [3.8, 4) is 34.5 Å². The van der Waals surface area contributed by atoms with E-state index in [1.807, 2.05) is 0 Å². The van der Waals surface area contributed by atoms with Crippen LogP contribution in [0.2, 0.25) is 5.02 Å². The lowest BCUT2D eigenvalue weighted by Gasteiger charge is -2.41. The highest BCUT2D eigenvalue weighted by atomic mass is 35.5. The van der Waals surface area contributed by atoms with Crippen LogP contribution < -0.4 is 33.7 Å². The highest BCUT2D eigenvalue weighted by Gasteiger charge is 2.63. The van der Waals surface area contributed by atoms with Gasteiger partial charge in [-0.05, 0) is 24.1 Å². The van der Waals surface area contributed by atoms with E-state index in [-0.39, 0.29) is 46.6 Å². The van der Waals surface area contributed by atoms with Gasteiger partial charge >= 0.3 is 0 Å². The molecule has 0 fully saturated rings. The molecule has 0 aromatic heterocycles. The number of hydrogen-bond donors (Lipinski definition) is 1. The van der Waals surface area contributed by atoms with Gasteiger partial charge in [-0.15, -0.1) is 0 Å². The summed E-state index contributed by atoms with van der Waals surface area (Å²) in [6.45, 7) is 2.47. The Kier molecular flexibility index (Phi) is 5.91. The van der Waals surface area contributed by atoms with Gasteiger partial charge < -0.3 is 33.7 Å². The van der Waals surface area contributed by atoms with Crippen LogP contribution in [-0.2, 0) is 9.59 Å². The molecule has 1 spiro atoms. The Bertz CT molecular complexity index is 1460. The fraction of sp³-hybridized carbons (Fsp3) is 0.393. The van der Waals surface area contributed by atoms with Crippen LogP contribution in [0.3, 0.4) is 0 Å². The summed E-state index contributed by atoms with van der Waals surface area (Å²) in [7, 11) is 4.35. The molecular formula is C28H26ClNO9. The number of ketones is 2. The number of ether oxygens (including phenoxy) is 6. The molecule has 0 radical (unpaired) electrons. The molecule has 0 saturated heterocycles. The van der Waals surface area contributed by atoms with Gasteiger partial charge in [0.15, 0.2) is 17.2 Å². The standard InChI is InChI=1S/C28H26ClNO9/c1-12-7-15-21(14(10-20(31)30-15)13-8-18(36-4)24-19(9-13)37-5-6-38-24)26(32)28(12)27(33)22-16(34-2)11-17(35-3)23(29)25(22)39-28/h8-9,11-12,14H,5-7,10H2,1-4H3,(H,30,31)/t12-,14+,28+/m1/s1. The molecule has 0 saturated carbocycles. The van der Waals surface area contributed by atoms with Crippen LogP contribution >= 0.6 is 11.6 Å². The third kappa shape index (κ3) is 3.50. The van der Waals surface area contributed by atoms with Gasteiger partial charge in [0.2, 0.25) is 28.8 Å². The second-order valence-electron chi connectivity index (χ2n) is 9.84. The SMILES string of the molecule is COc1cc(OC)c2c(c1Cl)O[C@@]1(C(=O)C3=C(C[C@H]1C)NC(=O)C[C@H]3c1cc(OC)c3c(c1)OCCO3)C2=O. The summed E-state index contributed by atoms with van der Waals surface area (Å²) < 4.78 is 34.1. The number of carbonyl (C=O) groups excluding carboxylic acids is 3. The Hall–Kier alpha value is -3.92. The van der Waals surface area contributed by atoms with E-state index in [0.717, 1.165) is 0 Å². The van der Waals surface area contributed by atoms with Gasteiger partial charge in [0, 0.05) is 35.6 Å². The second-order valence-corrected chi connectivity index (χ2v) is 10.2. The van der Waals surface area contributed by atoms with Gasteiger partial charge in [-0.2, -0.15) is 0 Å². The van der Waals surface area contributed by atoms with E-state index in [4.69, 9.17) is 40.0 Å². The normalized spacial score (nSPS) is 25.1. The van der Waals surface area contributed by atoms with Gasteiger partial charge in [0.25, 0.3) is 0 Å². The minimum absolute atomic E-state index is 0.0170. The molecule has 3 aliphatic heterocycles. The quantitative estimate of drug-likeness (QED) is 0.564. The molecule has 1 aliphatic carbocycles. The highest BCUT2D eigenvalue weighted by molar-refractivity contribution is 6.36. The first kappa shape index (κ1) is 25.4. The number of carbonyl (C=O) groups is 3. The molecule has 1 N–H and O–H groups in total. The zero-order valence-electron chi connectivity index (χ0n) is 21.8. The summed E-state index contributed by atoms with van der Waals surface area (Å²) in [4.78, 5) is 41.4. The van der Waals surface area contributed by atoms with Crippen LogP contribution in [0.4, 0.5) is 0 Å². The molecule has 10 nitrogen and oxygen atoms in total. The maximum absolute atomic E-state index is 14.5. The molecule has 1 amide bonds. The Morgan fingerprint density at radius 1 is 0.897 bits per heavy atom. The number of benzene rings is 2. The molecule has 4 aliphatic rings. The fourth-order valence-corrected chi connectivity index (χ4v) is 6.23. The first-order chi connectivity index (χ1) is 18.7. The topological polar surface area (TPSA) is 119 Å². The number of halogens is 1. The Balaban J connectivity index is 1.49. The highest BCUT2D eigenvalue weighted by Crippen LogP contribution is 2.56. The van der Waals surface area contributed by atoms with Crippen molar-refractivity contribution >= 4 is 29.1 Å². The fourth-order valence-electron chi connectivity index (χ4n) is 5.97. The lowest BCUT2D eigenvalue weighted by Crippen LogP contribution is -2.59. The van der Waals surface area contributed by atoms with Crippen LogP contribution in [0.5, 0.6) is 34.5 Å². The largest absolute Gasteiger partial charge is 0.496 e. The van der Waals surface area contributed by atoms with E-state index >= 15 is 0 Å². The van der Waals surface area contributed by atoms with E-state index in [1.165, 1.54) is 27.4 Å². The van der Waals surface area contributed by atoms with E-state index in [1.54, 1.807) is 19.1 Å². The monoisotopic (exact) mass is 555 g/mol. The minimum atomic E-state index is -1.89. The molecule has 204 valence electrons. The third-order valence-corrected chi connectivity index (χ3v) is 8.17. The number of allylic oxidation sites excluding steroid dienone is 1.